The van der Waals surface area contributed by atoms with Gasteiger partial charge in [0.1, 0.15) is 19.0 Å². The van der Waals surface area contributed by atoms with Gasteiger partial charge >= 0.3 is 0 Å². The van der Waals surface area contributed by atoms with E-state index in [9.17, 15) is 4.79 Å². The first-order chi connectivity index (χ1) is 15.0. The highest BCUT2D eigenvalue weighted by Crippen LogP contribution is 2.49. The van der Waals surface area contributed by atoms with Crippen LogP contribution in [0.1, 0.15) is 31.4 Å². The molecule has 5 nitrogen and oxygen atoms in total. The van der Waals surface area contributed by atoms with Crippen molar-refractivity contribution in [1.29, 1.82) is 0 Å². The molecule has 5 rings (SSSR count). The van der Waals surface area contributed by atoms with Crippen molar-refractivity contribution in [3.8, 4) is 17.2 Å². The Hall–Kier alpha value is -2.95. The van der Waals surface area contributed by atoms with Gasteiger partial charge in [0, 0.05) is 12.6 Å². The number of ether oxygens (including phenoxy) is 3. The minimum atomic E-state index is -0.595. The van der Waals surface area contributed by atoms with E-state index in [2.05, 4.69) is 32.6 Å². The summed E-state index contributed by atoms with van der Waals surface area (Å²) in [5.41, 5.74) is 2.68. The van der Waals surface area contributed by atoms with Gasteiger partial charge in [-0.1, -0.05) is 44.7 Å². The van der Waals surface area contributed by atoms with Crippen molar-refractivity contribution in [3.63, 3.8) is 0 Å². The Morgan fingerprint density at radius 1 is 1.29 bits per heavy atom. The van der Waals surface area contributed by atoms with Crippen molar-refractivity contribution in [3.05, 3.63) is 66.2 Å². The lowest BCUT2D eigenvalue weighted by atomic mass is 9.59. The maximum atomic E-state index is 13.5. The number of fused-ring (bicyclic) bond motifs is 5. The molecule has 1 saturated heterocycles. The van der Waals surface area contributed by atoms with Gasteiger partial charge in [-0.2, -0.15) is 0 Å². The molecule has 2 aliphatic heterocycles. The van der Waals surface area contributed by atoms with Crippen LogP contribution >= 0.6 is 0 Å². The fourth-order valence-electron chi connectivity index (χ4n) is 5.44. The van der Waals surface area contributed by atoms with Gasteiger partial charge in [0.2, 0.25) is 6.10 Å². The molecule has 3 aliphatic rings. The Balaban J connectivity index is 1.39. The van der Waals surface area contributed by atoms with Crippen LogP contribution in [0.4, 0.5) is 0 Å². The third-order valence-electron chi connectivity index (χ3n) is 7.42. The Morgan fingerprint density at radius 3 is 2.90 bits per heavy atom. The third-order valence-corrected chi connectivity index (χ3v) is 7.42. The van der Waals surface area contributed by atoms with E-state index < -0.39 is 6.10 Å². The summed E-state index contributed by atoms with van der Waals surface area (Å²) in [5, 5.41) is 0. The van der Waals surface area contributed by atoms with Crippen molar-refractivity contribution >= 4 is 5.91 Å². The molecule has 1 fully saturated rings. The summed E-state index contributed by atoms with van der Waals surface area (Å²) >= 11 is 0. The molecule has 5 heteroatoms. The average molecular weight is 420 g/mol. The predicted molar refractivity (Wildman–Crippen MR) is 119 cm³/mol. The van der Waals surface area contributed by atoms with Crippen molar-refractivity contribution in [2.24, 2.45) is 5.92 Å². The molecule has 0 N–H and O–H groups in total. The quantitative estimate of drug-likeness (QED) is 0.699. The third kappa shape index (κ3) is 3.27. The average Bonchev–Trinajstić information content (AvgIpc) is 2.79. The summed E-state index contributed by atoms with van der Waals surface area (Å²) < 4.78 is 17.6. The molecule has 1 amide bonds. The molecule has 0 radical (unpaired) electrons. The molecule has 1 aliphatic carbocycles. The summed E-state index contributed by atoms with van der Waals surface area (Å²) in [4.78, 5) is 15.5. The first-order valence-corrected chi connectivity index (χ1v) is 11.1. The number of amides is 1. The molecule has 2 heterocycles. The molecule has 2 aromatic carbocycles. The van der Waals surface area contributed by atoms with Gasteiger partial charge < -0.3 is 19.1 Å². The van der Waals surface area contributed by atoms with E-state index >= 15 is 0 Å². The van der Waals surface area contributed by atoms with E-state index in [0.717, 1.165) is 25.1 Å². The molecule has 0 spiro atoms. The largest absolute Gasteiger partial charge is 0.490 e. The first-order valence-electron chi connectivity index (χ1n) is 11.1. The molecule has 0 aromatic heterocycles. The second kappa shape index (κ2) is 7.63. The predicted octanol–water partition coefficient (Wildman–Crippen LogP) is 4.14. The second-order valence-electron chi connectivity index (χ2n) is 9.04. The standard InChI is InChI=1S/C26H29NO4/c1-4-13-29-19-10-9-18-14-21-17(2)26(3,20(18)15-19)11-12-27(21)25(28)24-16-30-22-7-5-6-8-23(22)31-24/h4-10,15,17,21,24H,1,11-14,16H2,2-3H3/t17-,21+,24-,26+/m0/s1. The van der Waals surface area contributed by atoms with Gasteiger partial charge in [0.05, 0.1) is 0 Å². The summed E-state index contributed by atoms with van der Waals surface area (Å²) in [6.07, 6.45) is 2.93. The molecule has 0 saturated carbocycles. The fraction of sp³-hybridized carbons (Fsp3) is 0.423. The van der Waals surface area contributed by atoms with Crippen molar-refractivity contribution in [1.82, 2.24) is 4.90 Å². The number of carbonyl (C=O) groups excluding carboxylic acids is 1. The van der Waals surface area contributed by atoms with E-state index in [4.69, 9.17) is 14.2 Å². The van der Waals surface area contributed by atoms with Crippen LogP contribution in [0.3, 0.4) is 0 Å². The number of hydrogen-bond donors (Lipinski definition) is 0. The van der Waals surface area contributed by atoms with Gasteiger partial charge in [-0.15, -0.1) is 0 Å². The van der Waals surface area contributed by atoms with Gasteiger partial charge in [-0.3, -0.25) is 4.79 Å². The van der Waals surface area contributed by atoms with Gasteiger partial charge in [-0.25, -0.2) is 0 Å². The van der Waals surface area contributed by atoms with Crippen LogP contribution in [0, 0.1) is 5.92 Å². The molecule has 4 atom stereocenters. The van der Waals surface area contributed by atoms with E-state index in [1.807, 2.05) is 35.2 Å². The van der Waals surface area contributed by atoms with Gasteiger partial charge in [0.25, 0.3) is 5.91 Å². The Labute approximate surface area is 183 Å². The van der Waals surface area contributed by atoms with Crippen LogP contribution < -0.4 is 14.2 Å². The molecule has 2 bridgehead atoms. The van der Waals surface area contributed by atoms with Crippen LogP contribution in [-0.2, 0) is 16.6 Å². The highest BCUT2D eigenvalue weighted by Gasteiger charge is 2.51. The SMILES string of the molecule is C=CCOc1ccc2c(c1)[C@]1(C)CCN(C(=O)[C@@H]3COc4ccccc4O3)[C@H](C2)[C@@H]1C. The number of para-hydroxylation sites is 2. The van der Waals surface area contributed by atoms with Gasteiger partial charge in [-0.05, 0) is 59.6 Å². The van der Waals surface area contributed by atoms with E-state index in [-0.39, 0.29) is 24.0 Å². The minimum absolute atomic E-state index is 0.0130. The second-order valence-corrected chi connectivity index (χ2v) is 9.04. The van der Waals surface area contributed by atoms with Gasteiger partial charge in [0.15, 0.2) is 11.5 Å². The number of carbonyl (C=O) groups is 1. The number of benzene rings is 2. The lowest BCUT2D eigenvalue weighted by molar-refractivity contribution is -0.148. The zero-order valence-corrected chi connectivity index (χ0v) is 18.2. The van der Waals surface area contributed by atoms with Crippen LogP contribution in [-0.4, -0.2) is 42.7 Å². The number of rotatable bonds is 4. The lowest BCUT2D eigenvalue weighted by Gasteiger charge is -2.55. The molecule has 2 aromatic rings. The summed E-state index contributed by atoms with van der Waals surface area (Å²) in [6.45, 7) is 9.82. The molecule has 162 valence electrons. The molecule has 0 unspecified atom stereocenters. The number of hydrogen-bond acceptors (Lipinski definition) is 4. The molecular formula is C26H29NO4. The summed E-state index contributed by atoms with van der Waals surface area (Å²) in [6, 6.07) is 14.1. The van der Waals surface area contributed by atoms with E-state index in [1.165, 1.54) is 11.1 Å². The minimum Gasteiger partial charge on any atom is -0.490 e. The monoisotopic (exact) mass is 419 g/mol. The van der Waals surface area contributed by atoms with E-state index in [0.29, 0.717) is 24.0 Å². The van der Waals surface area contributed by atoms with Crippen LogP contribution in [0.25, 0.3) is 0 Å². The van der Waals surface area contributed by atoms with Crippen molar-refractivity contribution in [2.75, 3.05) is 19.8 Å². The van der Waals surface area contributed by atoms with Crippen molar-refractivity contribution < 1.29 is 19.0 Å². The number of nitrogens with zero attached hydrogens (tertiary/aromatic N) is 1. The Morgan fingerprint density at radius 2 is 2.10 bits per heavy atom. The topological polar surface area (TPSA) is 48.0 Å². The highest BCUT2D eigenvalue weighted by atomic mass is 16.6. The maximum Gasteiger partial charge on any atom is 0.267 e. The summed E-state index contributed by atoms with van der Waals surface area (Å²) in [7, 11) is 0. The fourth-order valence-corrected chi connectivity index (χ4v) is 5.44. The zero-order chi connectivity index (χ0) is 21.6. The first kappa shape index (κ1) is 20.0. The van der Waals surface area contributed by atoms with Crippen LogP contribution in [0.2, 0.25) is 0 Å². The lowest BCUT2D eigenvalue weighted by Crippen LogP contribution is -2.62. The molecular weight excluding hydrogens is 390 g/mol. The highest BCUT2D eigenvalue weighted by molar-refractivity contribution is 5.82. The number of piperidine rings is 1. The Kier molecular flexibility index (Phi) is 4.92. The number of likely N-dealkylation sites (tertiary alicyclic amines) is 1. The molecule has 31 heavy (non-hydrogen) atoms. The normalized spacial score (nSPS) is 28.5. The van der Waals surface area contributed by atoms with Crippen LogP contribution in [0.15, 0.2) is 55.1 Å². The van der Waals surface area contributed by atoms with Crippen LogP contribution in [0.5, 0.6) is 17.2 Å². The smallest absolute Gasteiger partial charge is 0.267 e. The summed E-state index contributed by atoms with van der Waals surface area (Å²) in [5.74, 6) is 2.60. The van der Waals surface area contributed by atoms with E-state index in [1.54, 1.807) is 6.08 Å². The zero-order valence-electron chi connectivity index (χ0n) is 18.2. The Bertz CT molecular complexity index is 1020. The maximum absolute atomic E-state index is 13.5. The van der Waals surface area contributed by atoms with Crippen molar-refractivity contribution in [2.45, 2.75) is 44.2 Å².